The van der Waals surface area contributed by atoms with E-state index < -0.39 is 0 Å². The summed E-state index contributed by atoms with van der Waals surface area (Å²) in [4.78, 5) is 27.0. The highest BCUT2D eigenvalue weighted by Gasteiger charge is 2.41. The summed E-state index contributed by atoms with van der Waals surface area (Å²) < 4.78 is 1.59. The molecule has 2 N–H and O–H groups in total. The van der Waals surface area contributed by atoms with E-state index in [0.717, 1.165) is 22.4 Å². The largest absolute Gasteiger partial charge is 0.356 e. The number of hydrogen-bond donors (Lipinski definition) is 2. The van der Waals surface area contributed by atoms with Crippen molar-refractivity contribution in [1.82, 2.24) is 20.3 Å². The fourth-order valence-electron chi connectivity index (χ4n) is 3.94. The van der Waals surface area contributed by atoms with Gasteiger partial charge in [0.2, 0.25) is 11.8 Å². The van der Waals surface area contributed by atoms with Gasteiger partial charge in [0.05, 0.1) is 16.9 Å². The molecule has 0 radical (unpaired) electrons. The molecule has 2 atom stereocenters. The normalized spacial score (nSPS) is 20.9. The number of anilines is 2. The Morgan fingerprint density at radius 3 is 2.93 bits per heavy atom. The van der Waals surface area contributed by atoms with Crippen molar-refractivity contribution < 1.29 is 9.59 Å². The number of rotatable bonds is 3. The van der Waals surface area contributed by atoms with Gasteiger partial charge in [0.1, 0.15) is 18.1 Å². The maximum Gasteiger partial charge on any atom is 0.247 e. The Balaban J connectivity index is 1.30. The summed E-state index contributed by atoms with van der Waals surface area (Å²) in [6.07, 6.45) is 0.587. The second kappa shape index (κ2) is 6.08. The van der Waals surface area contributed by atoms with Gasteiger partial charge in [-0.1, -0.05) is 29.5 Å². The molecule has 27 heavy (non-hydrogen) atoms. The average molecular weight is 362 g/mol. The third-order valence-corrected chi connectivity index (χ3v) is 5.15. The highest BCUT2D eigenvalue weighted by molar-refractivity contribution is 6.04. The van der Waals surface area contributed by atoms with Gasteiger partial charge in [0.15, 0.2) is 0 Å². The molecule has 2 aromatic carbocycles. The Bertz CT molecular complexity index is 1050. The van der Waals surface area contributed by atoms with Gasteiger partial charge in [0, 0.05) is 12.6 Å². The number of benzene rings is 2. The topological polar surface area (TPSA) is 92.1 Å². The molecule has 8 nitrogen and oxygen atoms in total. The Hall–Kier alpha value is -3.42. The molecule has 0 spiro atoms. The lowest BCUT2D eigenvalue weighted by Gasteiger charge is -2.32. The number of hydrogen-bond acceptors (Lipinski definition) is 5. The molecule has 3 heterocycles. The van der Waals surface area contributed by atoms with Crippen LogP contribution in [-0.2, 0) is 16.1 Å². The molecule has 2 aliphatic rings. The molecule has 2 amide bonds. The van der Waals surface area contributed by atoms with Gasteiger partial charge in [-0.2, -0.15) is 0 Å². The van der Waals surface area contributed by atoms with Gasteiger partial charge < -0.3 is 15.5 Å². The van der Waals surface area contributed by atoms with Crippen LogP contribution in [0.15, 0.2) is 48.5 Å². The van der Waals surface area contributed by atoms with E-state index >= 15 is 0 Å². The van der Waals surface area contributed by atoms with Crippen molar-refractivity contribution in [2.45, 2.75) is 25.0 Å². The molecule has 0 bridgehead atoms. The highest BCUT2D eigenvalue weighted by Crippen LogP contribution is 2.36. The average Bonchev–Trinajstić information content (AvgIpc) is 3.27. The number of fused-ring (bicyclic) bond motifs is 4. The minimum Gasteiger partial charge on any atom is -0.356 e. The van der Waals surface area contributed by atoms with Crippen molar-refractivity contribution >= 4 is 34.2 Å². The molecular weight excluding hydrogens is 344 g/mol. The van der Waals surface area contributed by atoms with Gasteiger partial charge >= 0.3 is 0 Å². The third kappa shape index (κ3) is 2.69. The van der Waals surface area contributed by atoms with Crippen molar-refractivity contribution in [3.63, 3.8) is 0 Å². The van der Waals surface area contributed by atoms with Gasteiger partial charge in [-0.3, -0.25) is 9.59 Å². The zero-order valence-electron chi connectivity index (χ0n) is 14.5. The number of nitrogens with zero attached hydrogens (tertiary/aromatic N) is 4. The lowest BCUT2D eigenvalue weighted by Crippen LogP contribution is -2.44. The standard InChI is InChI=1S/C19H18N6O2/c26-18(11-25-16-8-4-2-6-14(16)22-23-25)20-12-9-17-19(27)21-13-5-1-3-7-15(13)24(17)10-12/h1-8,12,17H,9-11H2,(H,20,26)(H,21,27). The summed E-state index contributed by atoms with van der Waals surface area (Å²) in [5.41, 5.74) is 3.40. The van der Waals surface area contributed by atoms with E-state index in [4.69, 9.17) is 0 Å². The number of carbonyl (C=O) groups excluding carboxylic acids is 2. The van der Waals surface area contributed by atoms with Crippen molar-refractivity contribution in [3.8, 4) is 0 Å². The Kier molecular flexibility index (Phi) is 3.56. The molecule has 3 aromatic rings. The molecule has 136 valence electrons. The number of nitrogens with one attached hydrogen (secondary N) is 2. The van der Waals surface area contributed by atoms with Crippen LogP contribution in [0.3, 0.4) is 0 Å². The maximum absolute atomic E-state index is 12.5. The van der Waals surface area contributed by atoms with E-state index in [1.54, 1.807) is 4.68 Å². The first-order valence-electron chi connectivity index (χ1n) is 8.93. The van der Waals surface area contributed by atoms with Crippen LogP contribution in [0.1, 0.15) is 6.42 Å². The van der Waals surface area contributed by atoms with E-state index in [1.165, 1.54) is 0 Å². The number of para-hydroxylation sites is 3. The fraction of sp³-hybridized carbons (Fsp3) is 0.263. The molecule has 2 unspecified atom stereocenters. The molecule has 1 saturated heterocycles. The van der Waals surface area contributed by atoms with Crippen LogP contribution in [0.25, 0.3) is 11.0 Å². The summed E-state index contributed by atoms with van der Waals surface area (Å²) >= 11 is 0. The van der Waals surface area contributed by atoms with Crippen molar-refractivity contribution in [1.29, 1.82) is 0 Å². The van der Waals surface area contributed by atoms with Crippen LogP contribution in [0.5, 0.6) is 0 Å². The van der Waals surface area contributed by atoms with Crippen LogP contribution in [0.4, 0.5) is 11.4 Å². The monoisotopic (exact) mass is 362 g/mol. The van der Waals surface area contributed by atoms with E-state index in [2.05, 4.69) is 25.8 Å². The minimum atomic E-state index is -0.252. The van der Waals surface area contributed by atoms with Gasteiger partial charge in [-0.05, 0) is 30.7 Å². The number of carbonyl (C=O) groups is 2. The lowest BCUT2D eigenvalue weighted by molar-refractivity contribution is -0.122. The quantitative estimate of drug-likeness (QED) is 0.729. The second-order valence-corrected chi connectivity index (χ2v) is 6.91. The predicted molar refractivity (Wildman–Crippen MR) is 100 cm³/mol. The molecule has 0 aliphatic carbocycles. The molecule has 2 aliphatic heterocycles. The predicted octanol–water partition coefficient (Wildman–Crippen LogP) is 1.15. The third-order valence-electron chi connectivity index (χ3n) is 5.15. The summed E-state index contributed by atoms with van der Waals surface area (Å²) in [7, 11) is 0. The molecule has 0 saturated carbocycles. The highest BCUT2D eigenvalue weighted by atomic mass is 16.2. The fourth-order valence-corrected chi connectivity index (χ4v) is 3.94. The summed E-state index contributed by atoms with van der Waals surface area (Å²) in [6, 6.07) is 14.9. The summed E-state index contributed by atoms with van der Waals surface area (Å²) in [6.45, 7) is 0.712. The first-order valence-corrected chi connectivity index (χ1v) is 8.93. The SMILES string of the molecule is O=C(Cn1nnc2ccccc21)NC1CC2C(=O)Nc3ccccc3N2C1. The Labute approximate surface area is 155 Å². The van der Waals surface area contributed by atoms with Crippen LogP contribution in [0, 0.1) is 0 Å². The van der Waals surface area contributed by atoms with E-state index in [1.807, 2.05) is 48.5 Å². The maximum atomic E-state index is 12.5. The van der Waals surface area contributed by atoms with E-state index in [-0.39, 0.29) is 30.4 Å². The van der Waals surface area contributed by atoms with E-state index in [9.17, 15) is 9.59 Å². The summed E-state index contributed by atoms with van der Waals surface area (Å²) in [5, 5.41) is 14.1. The molecule has 8 heteroatoms. The number of amides is 2. The zero-order chi connectivity index (χ0) is 18.4. The van der Waals surface area contributed by atoms with Gasteiger partial charge in [0.25, 0.3) is 0 Å². The second-order valence-electron chi connectivity index (χ2n) is 6.91. The van der Waals surface area contributed by atoms with Crippen LogP contribution in [0.2, 0.25) is 0 Å². The molecule has 1 aromatic heterocycles. The first kappa shape index (κ1) is 15.8. The van der Waals surface area contributed by atoms with Crippen molar-refractivity contribution in [2.75, 3.05) is 16.8 Å². The Morgan fingerprint density at radius 1 is 1.19 bits per heavy atom. The smallest absolute Gasteiger partial charge is 0.247 e. The molecule has 5 rings (SSSR count). The van der Waals surface area contributed by atoms with E-state index in [0.29, 0.717) is 13.0 Å². The zero-order valence-corrected chi connectivity index (χ0v) is 14.5. The molecular formula is C19H18N6O2. The lowest BCUT2D eigenvalue weighted by atomic mass is 10.1. The summed E-state index contributed by atoms with van der Waals surface area (Å²) in [5.74, 6) is -0.156. The van der Waals surface area contributed by atoms with Gasteiger partial charge in [-0.15, -0.1) is 5.10 Å². The van der Waals surface area contributed by atoms with Crippen LogP contribution >= 0.6 is 0 Å². The van der Waals surface area contributed by atoms with Gasteiger partial charge in [-0.25, -0.2) is 4.68 Å². The van der Waals surface area contributed by atoms with Crippen LogP contribution < -0.4 is 15.5 Å². The van der Waals surface area contributed by atoms with Crippen molar-refractivity contribution in [3.05, 3.63) is 48.5 Å². The molecule has 1 fully saturated rings. The first-order chi connectivity index (χ1) is 13.2. The van der Waals surface area contributed by atoms with Crippen LogP contribution in [-0.4, -0.2) is 45.4 Å². The van der Waals surface area contributed by atoms with Crippen molar-refractivity contribution in [2.24, 2.45) is 0 Å². The number of aromatic nitrogens is 3. The Morgan fingerprint density at radius 2 is 2.00 bits per heavy atom. The minimum absolute atomic E-state index is 0.0206.